The molecular formula is C16H19N5OS. The third kappa shape index (κ3) is 3.19. The molecule has 3 rings (SSSR count). The number of amides is 1. The average molecular weight is 329 g/mol. The second-order valence-corrected chi connectivity index (χ2v) is 6.48. The lowest BCUT2D eigenvalue weighted by Crippen LogP contribution is -2.36. The first-order chi connectivity index (χ1) is 11.1. The van der Waals surface area contributed by atoms with Crippen LogP contribution in [0.15, 0.2) is 36.2 Å². The first-order valence-electron chi connectivity index (χ1n) is 7.42. The van der Waals surface area contributed by atoms with Crippen LogP contribution in [0.3, 0.4) is 0 Å². The summed E-state index contributed by atoms with van der Waals surface area (Å²) >= 11 is 1.57. The van der Waals surface area contributed by atoms with Crippen LogP contribution in [-0.4, -0.2) is 31.3 Å². The molecule has 0 aromatic carbocycles. The van der Waals surface area contributed by atoms with Crippen LogP contribution in [0, 0.1) is 13.8 Å². The number of aromatic nitrogens is 4. The number of rotatable bonds is 5. The Morgan fingerprint density at radius 1 is 1.30 bits per heavy atom. The number of carbonyl (C=O) groups excluding carboxylic acids is 1. The van der Waals surface area contributed by atoms with E-state index in [2.05, 4.69) is 32.1 Å². The highest BCUT2D eigenvalue weighted by atomic mass is 32.1. The number of carbonyl (C=O) groups is 1. The summed E-state index contributed by atoms with van der Waals surface area (Å²) in [6.07, 6.45) is 3.13. The zero-order valence-electron chi connectivity index (χ0n) is 13.4. The van der Waals surface area contributed by atoms with E-state index in [4.69, 9.17) is 0 Å². The Bertz CT molecular complexity index is 783. The highest BCUT2D eigenvalue weighted by molar-refractivity contribution is 7.13. The minimum absolute atomic E-state index is 0.0381. The highest BCUT2D eigenvalue weighted by Gasteiger charge is 2.18. The minimum Gasteiger partial charge on any atom is -0.348 e. The van der Waals surface area contributed by atoms with Crippen molar-refractivity contribution in [1.29, 1.82) is 0 Å². The zero-order chi connectivity index (χ0) is 16.4. The second kappa shape index (κ2) is 6.37. The molecule has 0 aliphatic heterocycles. The molecule has 0 aliphatic carbocycles. The standard InChI is InChI=1S/C16H19N5OS/c1-11(8-20-10-17-9-18-20)19-15(22)14-6-7-23-16(14)21-12(2)4-5-13(21)3/h4-7,9-11H,8H2,1-3H3,(H,19,22). The zero-order valence-corrected chi connectivity index (χ0v) is 14.2. The maximum atomic E-state index is 12.6. The number of thiophene rings is 1. The van der Waals surface area contributed by atoms with Gasteiger partial charge in [-0.3, -0.25) is 9.48 Å². The van der Waals surface area contributed by atoms with Crippen molar-refractivity contribution in [2.45, 2.75) is 33.4 Å². The molecule has 0 aliphatic rings. The fourth-order valence-corrected chi connectivity index (χ4v) is 3.60. The molecule has 0 radical (unpaired) electrons. The Kier molecular flexibility index (Phi) is 4.29. The highest BCUT2D eigenvalue weighted by Crippen LogP contribution is 2.25. The van der Waals surface area contributed by atoms with Crippen molar-refractivity contribution in [3.8, 4) is 5.00 Å². The van der Waals surface area contributed by atoms with Gasteiger partial charge in [0.05, 0.1) is 12.1 Å². The maximum Gasteiger partial charge on any atom is 0.254 e. The summed E-state index contributed by atoms with van der Waals surface area (Å²) in [6.45, 7) is 6.63. The largest absolute Gasteiger partial charge is 0.348 e. The third-order valence-corrected chi connectivity index (χ3v) is 4.57. The van der Waals surface area contributed by atoms with Crippen molar-refractivity contribution in [2.75, 3.05) is 0 Å². The van der Waals surface area contributed by atoms with Gasteiger partial charge in [-0.2, -0.15) is 5.10 Å². The van der Waals surface area contributed by atoms with Crippen LogP contribution in [0.4, 0.5) is 0 Å². The summed E-state index contributed by atoms with van der Waals surface area (Å²) in [5, 5.41) is 9.99. The molecule has 23 heavy (non-hydrogen) atoms. The summed E-state index contributed by atoms with van der Waals surface area (Å²) < 4.78 is 3.82. The SMILES string of the molecule is Cc1ccc(C)n1-c1sccc1C(=O)NC(C)Cn1cncn1. The van der Waals surface area contributed by atoms with Crippen molar-refractivity contribution in [2.24, 2.45) is 0 Å². The first-order valence-corrected chi connectivity index (χ1v) is 8.30. The van der Waals surface area contributed by atoms with Gasteiger partial charge in [-0.1, -0.05) is 0 Å². The summed E-state index contributed by atoms with van der Waals surface area (Å²) in [7, 11) is 0. The van der Waals surface area contributed by atoms with Crippen molar-refractivity contribution in [1.82, 2.24) is 24.6 Å². The van der Waals surface area contributed by atoms with E-state index >= 15 is 0 Å². The van der Waals surface area contributed by atoms with E-state index in [1.165, 1.54) is 6.33 Å². The molecule has 1 atom stereocenters. The third-order valence-electron chi connectivity index (χ3n) is 3.67. The molecule has 0 bridgehead atoms. The Morgan fingerprint density at radius 3 is 2.70 bits per heavy atom. The van der Waals surface area contributed by atoms with Crippen molar-refractivity contribution >= 4 is 17.2 Å². The minimum atomic E-state index is -0.0682. The fourth-order valence-electron chi connectivity index (χ4n) is 2.59. The van der Waals surface area contributed by atoms with Gasteiger partial charge >= 0.3 is 0 Å². The molecular weight excluding hydrogens is 310 g/mol. The van der Waals surface area contributed by atoms with Crippen LogP contribution in [-0.2, 0) is 6.54 Å². The molecule has 0 spiro atoms. The summed E-state index contributed by atoms with van der Waals surface area (Å²) in [5.74, 6) is -0.0682. The quantitative estimate of drug-likeness (QED) is 0.782. The topological polar surface area (TPSA) is 64.7 Å². The van der Waals surface area contributed by atoms with Gasteiger partial charge in [-0.05, 0) is 44.4 Å². The van der Waals surface area contributed by atoms with E-state index in [9.17, 15) is 4.79 Å². The lowest BCUT2D eigenvalue weighted by Gasteiger charge is -2.15. The van der Waals surface area contributed by atoms with Gasteiger partial charge in [0.15, 0.2) is 0 Å². The van der Waals surface area contributed by atoms with Crippen LogP contribution in [0.25, 0.3) is 5.00 Å². The Hall–Kier alpha value is -2.41. The number of hydrogen-bond acceptors (Lipinski definition) is 4. The van der Waals surface area contributed by atoms with Gasteiger partial charge in [-0.15, -0.1) is 11.3 Å². The molecule has 0 saturated heterocycles. The van der Waals surface area contributed by atoms with Crippen molar-refractivity contribution in [3.63, 3.8) is 0 Å². The lowest BCUT2D eigenvalue weighted by molar-refractivity contribution is 0.0936. The predicted molar refractivity (Wildman–Crippen MR) is 90.1 cm³/mol. The number of aryl methyl sites for hydroxylation is 2. The molecule has 3 aromatic heterocycles. The number of nitrogens with zero attached hydrogens (tertiary/aromatic N) is 4. The van der Waals surface area contributed by atoms with Crippen LogP contribution >= 0.6 is 11.3 Å². The Morgan fingerprint density at radius 2 is 2.04 bits per heavy atom. The van der Waals surface area contributed by atoms with E-state index in [-0.39, 0.29) is 11.9 Å². The molecule has 6 nitrogen and oxygen atoms in total. The molecule has 0 saturated carbocycles. The van der Waals surface area contributed by atoms with Crippen LogP contribution in [0.5, 0.6) is 0 Å². The molecule has 7 heteroatoms. The molecule has 3 aromatic rings. The monoisotopic (exact) mass is 329 g/mol. The first kappa shape index (κ1) is 15.5. The van der Waals surface area contributed by atoms with Gasteiger partial charge in [0, 0.05) is 17.4 Å². The molecule has 1 unspecified atom stereocenters. The molecule has 120 valence electrons. The van der Waals surface area contributed by atoms with E-state index in [1.807, 2.05) is 32.2 Å². The van der Waals surface area contributed by atoms with Crippen LogP contribution in [0.2, 0.25) is 0 Å². The van der Waals surface area contributed by atoms with Crippen LogP contribution < -0.4 is 5.32 Å². The normalized spacial score (nSPS) is 12.3. The van der Waals surface area contributed by atoms with E-state index in [1.54, 1.807) is 22.3 Å². The lowest BCUT2D eigenvalue weighted by atomic mass is 10.2. The van der Waals surface area contributed by atoms with Gasteiger partial charge in [0.25, 0.3) is 5.91 Å². The molecule has 0 fully saturated rings. The van der Waals surface area contributed by atoms with Crippen molar-refractivity contribution < 1.29 is 4.79 Å². The Labute approximate surface area is 138 Å². The summed E-state index contributed by atoms with van der Waals surface area (Å²) in [5.41, 5.74) is 2.94. The van der Waals surface area contributed by atoms with Crippen LogP contribution in [0.1, 0.15) is 28.7 Å². The maximum absolute atomic E-state index is 12.6. The molecule has 1 amide bonds. The smallest absolute Gasteiger partial charge is 0.254 e. The van der Waals surface area contributed by atoms with E-state index in [0.717, 1.165) is 16.4 Å². The van der Waals surface area contributed by atoms with Gasteiger partial charge < -0.3 is 9.88 Å². The van der Waals surface area contributed by atoms with Gasteiger partial charge in [-0.25, -0.2) is 4.98 Å². The van der Waals surface area contributed by atoms with E-state index < -0.39 is 0 Å². The fraction of sp³-hybridized carbons (Fsp3) is 0.312. The van der Waals surface area contributed by atoms with Crippen molar-refractivity contribution in [3.05, 3.63) is 53.2 Å². The summed E-state index contributed by atoms with van der Waals surface area (Å²) in [6, 6.07) is 5.95. The Balaban J connectivity index is 1.77. The number of nitrogens with one attached hydrogen (secondary N) is 1. The number of hydrogen-bond donors (Lipinski definition) is 1. The van der Waals surface area contributed by atoms with E-state index in [0.29, 0.717) is 12.1 Å². The summed E-state index contributed by atoms with van der Waals surface area (Å²) in [4.78, 5) is 16.5. The second-order valence-electron chi connectivity index (χ2n) is 5.58. The van der Waals surface area contributed by atoms with Gasteiger partial charge in [0.1, 0.15) is 17.7 Å². The van der Waals surface area contributed by atoms with Gasteiger partial charge in [0.2, 0.25) is 0 Å². The predicted octanol–water partition coefficient (Wildman–Crippen LogP) is 2.57. The average Bonchev–Trinajstić information content (AvgIpc) is 3.21. The molecule has 3 heterocycles. The molecule has 1 N–H and O–H groups in total.